The quantitative estimate of drug-likeness (QED) is 0.499. The van der Waals surface area contributed by atoms with Crippen molar-refractivity contribution in [2.24, 2.45) is 0 Å². The van der Waals surface area contributed by atoms with Gasteiger partial charge in [0.25, 0.3) is 0 Å². The van der Waals surface area contributed by atoms with E-state index >= 15 is 0 Å². The minimum atomic E-state index is 0.0674. The van der Waals surface area contributed by atoms with Gasteiger partial charge < -0.3 is 15.5 Å². The van der Waals surface area contributed by atoms with E-state index in [0.717, 1.165) is 26.1 Å². The van der Waals surface area contributed by atoms with Gasteiger partial charge in [0, 0.05) is 13.5 Å². The van der Waals surface area contributed by atoms with Gasteiger partial charge in [0.1, 0.15) is 0 Å². The number of hydrogen-bond acceptors (Lipinski definition) is 3. The van der Waals surface area contributed by atoms with Crippen LogP contribution in [0.4, 0.5) is 0 Å². The highest BCUT2D eigenvalue weighted by molar-refractivity contribution is 5.72. The zero-order chi connectivity index (χ0) is 18.7. The minimum absolute atomic E-state index is 0.0674. The number of amides is 1. The van der Waals surface area contributed by atoms with Gasteiger partial charge in [0.05, 0.1) is 0 Å². The first-order chi connectivity index (χ1) is 12.8. The number of carbonyl (C=O) groups excluding carboxylic acids is 1. The monoisotopic (exact) mass is 365 g/mol. The normalized spacial score (nSPS) is 20.0. The van der Waals surface area contributed by atoms with E-state index in [0.29, 0.717) is 0 Å². The highest BCUT2D eigenvalue weighted by atomic mass is 16.1. The number of hydrogen-bond donors (Lipinski definition) is 2. The summed E-state index contributed by atoms with van der Waals surface area (Å²) in [6, 6.07) is 0. The van der Waals surface area contributed by atoms with Crippen molar-refractivity contribution in [2.45, 2.75) is 84.0 Å². The van der Waals surface area contributed by atoms with Crippen molar-refractivity contribution in [1.82, 2.24) is 15.5 Å². The first-order valence-electron chi connectivity index (χ1n) is 11.1. The van der Waals surface area contributed by atoms with E-state index in [1.807, 2.05) is 0 Å². The molecule has 4 heteroatoms. The summed E-state index contributed by atoms with van der Waals surface area (Å²) in [4.78, 5) is 13.5. The molecule has 1 aliphatic rings. The molecule has 0 saturated carbocycles. The van der Waals surface area contributed by atoms with Crippen LogP contribution >= 0.6 is 0 Å². The van der Waals surface area contributed by atoms with Gasteiger partial charge in [-0.25, -0.2) is 0 Å². The average molecular weight is 366 g/mol. The molecule has 1 rings (SSSR count). The second-order valence-corrected chi connectivity index (χ2v) is 7.66. The molecule has 0 bridgehead atoms. The van der Waals surface area contributed by atoms with Crippen LogP contribution in [0.1, 0.15) is 84.0 Å². The van der Waals surface area contributed by atoms with Crippen LogP contribution < -0.4 is 10.6 Å². The number of nitrogens with zero attached hydrogens (tertiary/aromatic N) is 1. The Balaban J connectivity index is 2.12. The molecule has 2 N–H and O–H groups in total. The number of rotatable bonds is 8. The lowest BCUT2D eigenvalue weighted by Crippen LogP contribution is -2.30. The summed E-state index contributed by atoms with van der Waals surface area (Å²) in [6.07, 6.45) is 20.6. The zero-order valence-corrected chi connectivity index (χ0v) is 17.2. The molecule has 0 radical (unpaired) electrons. The van der Waals surface area contributed by atoms with Crippen LogP contribution in [-0.4, -0.2) is 50.1 Å². The van der Waals surface area contributed by atoms with E-state index < -0.39 is 0 Å². The second-order valence-electron chi connectivity index (χ2n) is 7.66. The predicted molar refractivity (Wildman–Crippen MR) is 113 cm³/mol. The lowest BCUT2D eigenvalue weighted by Gasteiger charge is -2.22. The van der Waals surface area contributed by atoms with Crippen LogP contribution in [0, 0.1) is 0 Å². The lowest BCUT2D eigenvalue weighted by atomic mass is 10.1. The highest BCUT2D eigenvalue weighted by Crippen LogP contribution is 2.10. The van der Waals surface area contributed by atoms with Crippen LogP contribution in [0.15, 0.2) is 12.2 Å². The summed E-state index contributed by atoms with van der Waals surface area (Å²) < 4.78 is 0. The Bertz CT molecular complexity index is 357. The molecule has 0 unspecified atom stereocenters. The maximum Gasteiger partial charge on any atom is 0.216 e. The maximum absolute atomic E-state index is 10.8. The van der Waals surface area contributed by atoms with Crippen LogP contribution in [0.5, 0.6) is 0 Å². The van der Waals surface area contributed by atoms with Gasteiger partial charge in [-0.05, 0) is 84.1 Å². The third-order valence-electron chi connectivity index (χ3n) is 5.09. The molecule has 4 nitrogen and oxygen atoms in total. The van der Waals surface area contributed by atoms with Gasteiger partial charge in [-0.2, -0.15) is 0 Å². The van der Waals surface area contributed by atoms with Crippen molar-refractivity contribution in [3.63, 3.8) is 0 Å². The molecule has 0 spiro atoms. The molecular formula is C22H43N3O. The van der Waals surface area contributed by atoms with Gasteiger partial charge >= 0.3 is 0 Å². The molecule has 1 aliphatic heterocycles. The molecule has 0 atom stereocenters. The molecular weight excluding hydrogens is 322 g/mol. The third-order valence-corrected chi connectivity index (χ3v) is 5.09. The average Bonchev–Trinajstić information content (AvgIpc) is 2.63. The van der Waals surface area contributed by atoms with Crippen LogP contribution in [0.3, 0.4) is 0 Å². The highest BCUT2D eigenvalue weighted by Gasteiger charge is 2.05. The van der Waals surface area contributed by atoms with Gasteiger partial charge in [0.15, 0.2) is 0 Å². The Morgan fingerprint density at radius 1 is 0.808 bits per heavy atom. The maximum atomic E-state index is 10.8. The predicted octanol–water partition coefficient (Wildman–Crippen LogP) is 4.27. The summed E-state index contributed by atoms with van der Waals surface area (Å²) in [6.45, 7) is 8.18. The largest absolute Gasteiger partial charge is 0.356 e. The minimum Gasteiger partial charge on any atom is -0.356 e. The molecule has 0 aliphatic carbocycles. The summed E-state index contributed by atoms with van der Waals surface area (Å²) in [5.41, 5.74) is 0. The molecule has 1 amide bonds. The fourth-order valence-corrected chi connectivity index (χ4v) is 3.50. The first-order valence-corrected chi connectivity index (χ1v) is 11.1. The van der Waals surface area contributed by atoms with E-state index in [-0.39, 0.29) is 5.91 Å². The van der Waals surface area contributed by atoms with Crippen LogP contribution in [-0.2, 0) is 4.79 Å². The summed E-state index contributed by atoms with van der Waals surface area (Å²) in [5.74, 6) is 0.0674. The second kappa shape index (κ2) is 17.5. The fourth-order valence-electron chi connectivity index (χ4n) is 3.50. The molecule has 26 heavy (non-hydrogen) atoms. The smallest absolute Gasteiger partial charge is 0.216 e. The van der Waals surface area contributed by atoms with E-state index in [1.165, 1.54) is 90.3 Å². The first kappa shape index (κ1) is 23.2. The summed E-state index contributed by atoms with van der Waals surface area (Å²) in [5, 5.41) is 6.34. The van der Waals surface area contributed by atoms with Gasteiger partial charge in [0.2, 0.25) is 5.91 Å². The van der Waals surface area contributed by atoms with Crippen molar-refractivity contribution in [1.29, 1.82) is 0 Å². The van der Waals surface area contributed by atoms with Crippen molar-refractivity contribution in [2.75, 3.05) is 39.3 Å². The lowest BCUT2D eigenvalue weighted by molar-refractivity contribution is -0.118. The zero-order valence-electron chi connectivity index (χ0n) is 17.2. The van der Waals surface area contributed by atoms with E-state index in [2.05, 4.69) is 27.7 Å². The molecule has 0 saturated heterocycles. The molecule has 1 heterocycles. The van der Waals surface area contributed by atoms with Crippen molar-refractivity contribution >= 4 is 5.91 Å². The third kappa shape index (κ3) is 15.4. The van der Waals surface area contributed by atoms with Crippen molar-refractivity contribution < 1.29 is 4.79 Å². The van der Waals surface area contributed by atoms with Crippen LogP contribution in [0.25, 0.3) is 0 Å². The Morgan fingerprint density at radius 3 is 2.12 bits per heavy atom. The molecule has 0 aromatic heterocycles. The van der Waals surface area contributed by atoms with E-state index in [4.69, 9.17) is 0 Å². The van der Waals surface area contributed by atoms with Crippen LogP contribution in [0.2, 0.25) is 0 Å². The molecule has 0 fully saturated rings. The Hall–Kier alpha value is -0.870. The Kier molecular flexibility index (Phi) is 15.6. The number of carbonyl (C=O) groups is 1. The van der Waals surface area contributed by atoms with Gasteiger partial charge in [-0.3, -0.25) is 4.79 Å². The standard InChI is InChI=1S/C22H43N3O/c1-22(26)24-18-14-16-23-17-15-21-25-19-12-10-8-6-4-2-3-5-7-9-11-13-20-25/h4,6,23H,2-3,5,7-21H2,1H3,(H,24,26)/b6-4+. The fraction of sp³-hybridized carbons (Fsp3) is 0.864. The Labute approximate surface area is 162 Å². The van der Waals surface area contributed by atoms with Crippen molar-refractivity contribution in [3.8, 4) is 0 Å². The van der Waals surface area contributed by atoms with Gasteiger partial charge in [-0.1, -0.05) is 37.8 Å². The summed E-state index contributed by atoms with van der Waals surface area (Å²) in [7, 11) is 0. The topological polar surface area (TPSA) is 44.4 Å². The Morgan fingerprint density at radius 2 is 1.38 bits per heavy atom. The number of nitrogens with one attached hydrogen (secondary N) is 2. The molecule has 0 aromatic carbocycles. The van der Waals surface area contributed by atoms with E-state index in [1.54, 1.807) is 6.92 Å². The van der Waals surface area contributed by atoms with E-state index in [9.17, 15) is 4.79 Å². The van der Waals surface area contributed by atoms with Crippen molar-refractivity contribution in [3.05, 3.63) is 12.2 Å². The molecule has 0 aromatic rings. The van der Waals surface area contributed by atoms with Gasteiger partial charge in [-0.15, -0.1) is 0 Å². The summed E-state index contributed by atoms with van der Waals surface area (Å²) >= 11 is 0. The molecule has 152 valence electrons. The number of allylic oxidation sites excluding steroid dienone is 2. The SMILES string of the molecule is CC(=O)NCCCNCCCN1CCCC/C=C/CCCCCCCC1.